The predicted molar refractivity (Wildman–Crippen MR) is 145 cm³/mol. The second-order valence-electron chi connectivity index (χ2n) is 10.7. The number of benzene rings is 1. The van der Waals surface area contributed by atoms with Crippen molar-refractivity contribution >= 4 is 17.5 Å². The summed E-state index contributed by atoms with van der Waals surface area (Å²) in [6, 6.07) is 7.21. The van der Waals surface area contributed by atoms with Gasteiger partial charge in [0, 0.05) is 67.2 Å². The summed E-state index contributed by atoms with van der Waals surface area (Å²) in [4.78, 5) is 14.5. The Morgan fingerprint density at radius 3 is 2.67 bits per heavy atom. The van der Waals surface area contributed by atoms with Crippen molar-refractivity contribution in [2.75, 3.05) is 56.6 Å². The van der Waals surface area contributed by atoms with E-state index in [0.29, 0.717) is 31.2 Å². The van der Waals surface area contributed by atoms with E-state index in [1.54, 1.807) is 0 Å². The van der Waals surface area contributed by atoms with Gasteiger partial charge in [-0.15, -0.1) is 0 Å². The first-order chi connectivity index (χ1) is 17.5. The van der Waals surface area contributed by atoms with E-state index in [0.717, 1.165) is 74.0 Å². The zero-order chi connectivity index (χ0) is 24.9. The maximum absolute atomic E-state index is 6.22. The largest absolute Gasteiger partial charge is 0.490 e. The fourth-order valence-electron chi connectivity index (χ4n) is 5.52. The van der Waals surface area contributed by atoms with Crippen LogP contribution in [0, 0.1) is 6.92 Å². The summed E-state index contributed by atoms with van der Waals surface area (Å²) in [5.74, 6) is 3.22. The predicted octanol–water partition coefficient (Wildman–Crippen LogP) is 4.61. The Bertz CT molecular complexity index is 1020. The first kappa shape index (κ1) is 25.1. The number of piperidine rings is 1. The minimum Gasteiger partial charge on any atom is -0.490 e. The normalized spacial score (nSPS) is 18.9. The van der Waals surface area contributed by atoms with Gasteiger partial charge in [-0.1, -0.05) is 0 Å². The minimum atomic E-state index is 0.410. The lowest BCUT2D eigenvalue weighted by Gasteiger charge is -2.34. The molecule has 5 rings (SSSR count). The van der Waals surface area contributed by atoms with Crippen LogP contribution >= 0.6 is 0 Å². The summed E-state index contributed by atoms with van der Waals surface area (Å²) in [6.45, 7) is 13.8. The molecule has 2 saturated heterocycles. The Morgan fingerprint density at radius 1 is 1.08 bits per heavy atom. The third kappa shape index (κ3) is 6.40. The number of aryl methyl sites for hydroxylation is 1. The Balaban J connectivity index is 1.22. The highest BCUT2D eigenvalue weighted by molar-refractivity contribution is 5.65. The SMILES string of the molecule is Cc1cc(Nc2cc3c(c(OCCCN4CCCC4)c2)OCC3)nc(NC2CCN(C(C)C)CC2)n1. The van der Waals surface area contributed by atoms with Gasteiger partial charge in [-0.2, -0.15) is 4.98 Å². The van der Waals surface area contributed by atoms with Gasteiger partial charge in [0.15, 0.2) is 11.5 Å². The summed E-state index contributed by atoms with van der Waals surface area (Å²) in [6.07, 6.45) is 6.81. The van der Waals surface area contributed by atoms with Crippen LogP contribution in [0.1, 0.15) is 57.2 Å². The summed E-state index contributed by atoms with van der Waals surface area (Å²) < 4.78 is 12.1. The summed E-state index contributed by atoms with van der Waals surface area (Å²) in [5.41, 5.74) is 3.11. The lowest BCUT2D eigenvalue weighted by molar-refractivity contribution is 0.177. The van der Waals surface area contributed by atoms with Crippen LogP contribution in [-0.4, -0.2) is 77.8 Å². The molecule has 0 saturated carbocycles. The number of nitrogens with one attached hydrogen (secondary N) is 2. The van der Waals surface area contributed by atoms with Crippen LogP contribution in [0.3, 0.4) is 0 Å². The molecule has 3 aliphatic heterocycles. The van der Waals surface area contributed by atoms with Crippen LogP contribution in [0.5, 0.6) is 11.5 Å². The van der Waals surface area contributed by atoms with E-state index in [-0.39, 0.29) is 0 Å². The monoisotopic (exact) mass is 494 g/mol. The van der Waals surface area contributed by atoms with Crippen LogP contribution in [0.25, 0.3) is 0 Å². The van der Waals surface area contributed by atoms with Crippen LogP contribution in [0.15, 0.2) is 18.2 Å². The van der Waals surface area contributed by atoms with E-state index in [4.69, 9.17) is 14.5 Å². The fraction of sp³-hybridized carbons (Fsp3) is 0.643. The van der Waals surface area contributed by atoms with Crippen molar-refractivity contribution in [2.24, 2.45) is 0 Å². The van der Waals surface area contributed by atoms with Crippen molar-refractivity contribution in [3.63, 3.8) is 0 Å². The van der Waals surface area contributed by atoms with Gasteiger partial charge in [-0.3, -0.25) is 0 Å². The van der Waals surface area contributed by atoms with Crippen LogP contribution in [-0.2, 0) is 6.42 Å². The molecule has 1 aromatic heterocycles. The lowest BCUT2D eigenvalue weighted by atomic mass is 10.0. The molecule has 0 atom stereocenters. The highest BCUT2D eigenvalue weighted by Crippen LogP contribution is 2.39. The van der Waals surface area contributed by atoms with Crippen molar-refractivity contribution in [1.29, 1.82) is 0 Å². The van der Waals surface area contributed by atoms with Gasteiger partial charge >= 0.3 is 0 Å². The molecule has 0 unspecified atom stereocenters. The average Bonchev–Trinajstić information content (AvgIpc) is 3.54. The number of anilines is 3. The third-order valence-corrected chi connectivity index (χ3v) is 7.54. The highest BCUT2D eigenvalue weighted by Gasteiger charge is 2.22. The van der Waals surface area contributed by atoms with Gasteiger partial charge < -0.3 is 29.9 Å². The smallest absolute Gasteiger partial charge is 0.225 e. The van der Waals surface area contributed by atoms with Crippen molar-refractivity contribution < 1.29 is 9.47 Å². The Morgan fingerprint density at radius 2 is 1.89 bits per heavy atom. The molecule has 36 heavy (non-hydrogen) atoms. The van der Waals surface area contributed by atoms with Crippen molar-refractivity contribution in [3.8, 4) is 11.5 Å². The number of ether oxygens (including phenoxy) is 2. The molecule has 8 nitrogen and oxygen atoms in total. The molecule has 1 aromatic carbocycles. The second kappa shape index (κ2) is 11.6. The number of nitrogens with zero attached hydrogens (tertiary/aromatic N) is 4. The molecular formula is C28H42N6O2. The molecule has 2 N–H and O–H groups in total. The lowest BCUT2D eigenvalue weighted by Crippen LogP contribution is -2.42. The average molecular weight is 495 g/mol. The first-order valence-electron chi connectivity index (χ1n) is 13.8. The van der Waals surface area contributed by atoms with Crippen LogP contribution in [0.4, 0.5) is 17.5 Å². The molecule has 2 aromatic rings. The summed E-state index contributed by atoms with van der Waals surface area (Å²) in [5, 5.41) is 7.09. The quantitative estimate of drug-likeness (QED) is 0.464. The fourth-order valence-corrected chi connectivity index (χ4v) is 5.52. The maximum Gasteiger partial charge on any atom is 0.225 e. The molecule has 196 valence electrons. The standard InChI is InChI=1S/C28H42N6O2/c1-20(2)34-13-7-23(8-14-34)31-28-29-21(3)17-26(32-28)30-24-18-22-9-16-36-27(22)25(19-24)35-15-6-12-33-10-4-5-11-33/h17-20,23H,4-16H2,1-3H3,(H2,29,30,31,32). The third-order valence-electron chi connectivity index (χ3n) is 7.54. The van der Waals surface area contributed by atoms with Crippen LogP contribution < -0.4 is 20.1 Å². The first-order valence-corrected chi connectivity index (χ1v) is 13.8. The minimum absolute atomic E-state index is 0.410. The number of hydrogen-bond acceptors (Lipinski definition) is 8. The number of hydrogen-bond donors (Lipinski definition) is 2. The number of aromatic nitrogens is 2. The van der Waals surface area contributed by atoms with Gasteiger partial charge in [0.05, 0.1) is 13.2 Å². The number of rotatable bonds is 10. The van der Waals surface area contributed by atoms with Crippen molar-refractivity contribution in [3.05, 3.63) is 29.5 Å². The van der Waals surface area contributed by atoms with Crippen molar-refractivity contribution in [1.82, 2.24) is 19.8 Å². The number of fused-ring (bicyclic) bond motifs is 1. The second-order valence-corrected chi connectivity index (χ2v) is 10.7. The molecule has 0 radical (unpaired) electrons. The Kier molecular flexibility index (Phi) is 8.12. The molecule has 0 aliphatic carbocycles. The highest BCUT2D eigenvalue weighted by atomic mass is 16.5. The zero-order valence-corrected chi connectivity index (χ0v) is 22.2. The van der Waals surface area contributed by atoms with E-state index >= 15 is 0 Å². The van der Waals surface area contributed by atoms with E-state index in [2.05, 4.69) is 45.3 Å². The van der Waals surface area contributed by atoms with E-state index in [1.807, 2.05) is 19.1 Å². The molecule has 8 heteroatoms. The van der Waals surface area contributed by atoms with E-state index in [9.17, 15) is 0 Å². The van der Waals surface area contributed by atoms with Gasteiger partial charge in [-0.05, 0) is 72.0 Å². The topological polar surface area (TPSA) is 74.8 Å². The van der Waals surface area contributed by atoms with Gasteiger partial charge in [0.25, 0.3) is 0 Å². The molecule has 0 amide bonds. The molecule has 2 fully saturated rings. The summed E-state index contributed by atoms with van der Waals surface area (Å²) in [7, 11) is 0. The molecule has 0 bridgehead atoms. The molecule has 4 heterocycles. The van der Waals surface area contributed by atoms with E-state index in [1.165, 1.54) is 31.5 Å². The zero-order valence-electron chi connectivity index (χ0n) is 22.2. The van der Waals surface area contributed by atoms with Crippen LogP contribution in [0.2, 0.25) is 0 Å². The van der Waals surface area contributed by atoms with Gasteiger partial charge in [0.1, 0.15) is 5.82 Å². The Hall–Kier alpha value is -2.58. The van der Waals surface area contributed by atoms with Gasteiger partial charge in [-0.25, -0.2) is 4.98 Å². The summed E-state index contributed by atoms with van der Waals surface area (Å²) >= 11 is 0. The number of likely N-dealkylation sites (tertiary alicyclic amines) is 2. The Labute approximate surface area is 215 Å². The molecular weight excluding hydrogens is 452 g/mol. The molecule has 3 aliphatic rings. The molecule has 0 spiro atoms. The maximum atomic E-state index is 6.22. The van der Waals surface area contributed by atoms with E-state index < -0.39 is 0 Å². The van der Waals surface area contributed by atoms with Gasteiger partial charge in [0.2, 0.25) is 5.95 Å². The van der Waals surface area contributed by atoms with Crippen molar-refractivity contribution in [2.45, 2.75) is 71.4 Å².